The second kappa shape index (κ2) is 6.14. The molecule has 0 saturated carbocycles. The lowest BCUT2D eigenvalue weighted by Gasteiger charge is -2.36. The van der Waals surface area contributed by atoms with E-state index in [1.807, 2.05) is 6.07 Å². The van der Waals surface area contributed by atoms with Crippen molar-refractivity contribution in [1.29, 1.82) is 0 Å². The predicted molar refractivity (Wildman–Crippen MR) is 113 cm³/mol. The van der Waals surface area contributed by atoms with Gasteiger partial charge in [0.2, 0.25) is 0 Å². The van der Waals surface area contributed by atoms with E-state index in [0.717, 1.165) is 12.1 Å². The van der Waals surface area contributed by atoms with Crippen LogP contribution in [0.2, 0.25) is 0 Å². The number of fused-ring (bicyclic) bond motifs is 2. The van der Waals surface area contributed by atoms with Gasteiger partial charge in [0.25, 0.3) is 0 Å². The quantitative estimate of drug-likeness (QED) is 0.575. The van der Waals surface area contributed by atoms with Gasteiger partial charge >= 0.3 is 0 Å². The molecule has 0 spiro atoms. The highest BCUT2D eigenvalue weighted by Crippen LogP contribution is 2.57. The number of hydrogen-bond donors (Lipinski definition) is 1. The maximum atomic E-state index is 6.65. The lowest BCUT2D eigenvalue weighted by Crippen LogP contribution is -2.30. The van der Waals surface area contributed by atoms with Gasteiger partial charge in [-0.2, -0.15) is 0 Å². The monoisotopic (exact) mass is 347 g/mol. The molecule has 1 heteroatoms. The summed E-state index contributed by atoms with van der Waals surface area (Å²) in [6.07, 6.45) is 9.68. The van der Waals surface area contributed by atoms with E-state index < -0.39 is 0 Å². The van der Waals surface area contributed by atoms with Gasteiger partial charge in [0.15, 0.2) is 0 Å². The highest BCUT2D eigenvalue weighted by Gasteiger charge is 2.47. The number of nitrogen functional groups attached to an aromatic ring is 1. The third-order valence-electron chi connectivity index (χ3n) is 5.79. The topological polar surface area (TPSA) is 26.0 Å². The first kappa shape index (κ1) is 15.9. The molecule has 3 aromatic rings. The van der Waals surface area contributed by atoms with Crippen LogP contribution in [0.4, 0.5) is 5.69 Å². The first-order valence-corrected chi connectivity index (χ1v) is 9.40. The van der Waals surface area contributed by atoms with E-state index in [1.54, 1.807) is 0 Å². The van der Waals surface area contributed by atoms with Gasteiger partial charge < -0.3 is 5.73 Å². The molecule has 130 valence electrons. The minimum atomic E-state index is -0.364. The van der Waals surface area contributed by atoms with Gasteiger partial charge in [-0.3, -0.25) is 0 Å². The van der Waals surface area contributed by atoms with Crippen LogP contribution in [0, 0.1) is 0 Å². The van der Waals surface area contributed by atoms with Crippen LogP contribution in [0.15, 0.2) is 109 Å². The summed E-state index contributed by atoms with van der Waals surface area (Å²) >= 11 is 0. The molecule has 3 aromatic carbocycles. The molecule has 0 radical (unpaired) electrons. The van der Waals surface area contributed by atoms with Crippen LogP contribution < -0.4 is 5.73 Å². The lowest BCUT2D eigenvalue weighted by molar-refractivity contribution is 0.728. The Balaban J connectivity index is 1.97. The van der Waals surface area contributed by atoms with Crippen molar-refractivity contribution in [2.75, 3.05) is 5.73 Å². The van der Waals surface area contributed by atoms with E-state index in [-0.39, 0.29) is 5.41 Å². The van der Waals surface area contributed by atoms with E-state index in [1.165, 1.54) is 33.4 Å². The average molecular weight is 347 g/mol. The number of nitrogens with two attached hydrogens (primary N) is 1. The van der Waals surface area contributed by atoms with Crippen molar-refractivity contribution in [2.24, 2.45) is 0 Å². The predicted octanol–water partition coefficient (Wildman–Crippen LogP) is 5.89. The summed E-state index contributed by atoms with van der Waals surface area (Å²) < 4.78 is 0. The highest BCUT2D eigenvalue weighted by atomic mass is 14.6. The highest BCUT2D eigenvalue weighted by molar-refractivity contribution is 5.93. The van der Waals surface area contributed by atoms with Crippen LogP contribution >= 0.6 is 0 Å². The average Bonchev–Trinajstić information content (AvgIpc) is 2.85. The summed E-state index contributed by atoms with van der Waals surface area (Å²) in [5.41, 5.74) is 14.8. The molecule has 0 atom stereocenters. The van der Waals surface area contributed by atoms with Crippen LogP contribution in [0.3, 0.4) is 0 Å². The molecule has 0 aromatic heterocycles. The van der Waals surface area contributed by atoms with Crippen molar-refractivity contribution in [3.8, 4) is 0 Å². The summed E-state index contributed by atoms with van der Waals surface area (Å²) in [6.45, 7) is 0. The van der Waals surface area contributed by atoms with Crippen LogP contribution in [0.5, 0.6) is 0 Å². The molecule has 2 aliphatic carbocycles. The molecule has 0 saturated heterocycles. The van der Waals surface area contributed by atoms with Crippen molar-refractivity contribution in [3.05, 3.63) is 131 Å². The molecule has 0 aliphatic heterocycles. The Hall–Kier alpha value is -3.32. The Kier molecular flexibility index (Phi) is 3.61. The SMILES string of the molecule is Nc1cccc2c1C(c1ccccc1)(c1ccccc1)C1=C2C=CC=CC1. The minimum absolute atomic E-state index is 0.364. The first-order valence-electron chi connectivity index (χ1n) is 9.40. The van der Waals surface area contributed by atoms with Gasteiger partial charge in [-0.1, -0.05) is 97.1 Å². The summed E-state index contributed by atoms with van der Waals surface area (Å²) in [4.78, 5) is 0. The van der Waals surface area contributed by atoms with Gasteiger partial charge in [0, 0.05) is 11.3 Å². The Morgan fingerprint density at radius 1 is 0.704 bits per heavy atom. The van der Waals surface area contributed by atoms with Crippen molar-refractivity contribution in [2.45, 2.75) is 11.8 Å². The van der Waals surface area contributed by atoms with Gasteiger partial charge in [0.05, 0.1) is 5.41 Å². The number of allylic oxidation sites excluding steroid dienone is 6. The maximum Gasteiger partial charge on any atom is 0.0699 e. The Bertz CT molecular complexity index is 1050. The normalized spacial score (nSPS) is 16.7. The van der Waals surface area contributed by atoms with E-state index >= 15 is 0 Å². The first-order chi connectivity index (χ1) is 13.3. The summed E-state index contributed by atoms with van der Waals surface area (Å²) in [5, 5.41) is 0. The zero-order valence-electron chi connectivity index (χ0n) is 15.1. The van der Waals surface area contributed by atoms with Crippen LogP contribution in [-0.4, -0.2) is 0 Å². The maximum absolute atomic E-state index is 6.65. The number of anilines is 1. The summed E-state index contributed by atoms with van der Waals surface area (Å²) in [7, 11) is 0. The van der Waals surface area contributed by atoms with Gasteiger partial charge in [-0.15, -0.1) is 0 Å². The fourth-order valence-corrected chi connectivity index (χ4v) is 4.78. The third-order valence-corrected chi connectivity index (χ3v) is 5.79. The molecule has 0 bridgehead atoms. The minimum Gasteiger partial charge on any atom is -0.398 e. The van der Waals surface area contributed by atoms with Crippen LogP contribution in [0.1, 0.15) is 28.7 Å². The molecule has 2 N–H and O–H groups in total. The Morgan fingerprint density at radius 3 is 2.04 bits per heavy atom. The molecule has 2 aliphatic rings. The fourth-order valence-electron chi connectivity index (χ4n) is 4.78. The van der Waals surface area contributed by atoms with E-state index in [9.17, 15) is 0 Å². The standard InChI is InChI=1S/C26H21N/c27-24-18-10-16-22-21-15-8-3-9-17-23(21)26(25(22)24,19-11-4-1-5-12-19)20-13-6-2-7-14-20/h1-16,18H,17,27H2. The smallest absolute Gasteiger partial charge is 0.0699 e. The zero-order chi connectivity index (χ0) is 18.3. The largest absolute Gasteiger partial charge is 0.398 e. The number of rotatable bonds is 2. The molecular weight excluding hydrogens is 326 g/mol. The molecule has 0 fully saturated rings. The van der Waals surface area contributed by atoms with E-state index in [4.69, 9.17) is 5.73 Å². The molecule has 0 heterocycles. The Labute approximate surface area is 160 Å². The molecule has 1 nitrogen and oxygen atoms in total. The summed E-state index contributed by atoms with van der Waals surface area (Å²) in [6, 6.07) is 27.9. The zero-order valence-corrected chi connectivity index (χ0v) is 15.1. The molecule has 5 rings (SSSR count). The van der Waals surface area contributed by atoms with Crippen molar-refractivity contribution < 1.29 is 0 Å². The van der Waals surface area contributed by atoms with Gasteiger partial charge in [-0.25, -0.2) is 0 Å². The van der Waals surface area contributed by atoms with Crippen molar-refractivity contribution >= 4 is 11.3 Å². The third kappa shape index (κ3) is 2.18. The fraction of sp³-hybridized carbons (Fsp3) is 0.0769. The van der Waals surface area contributed by atoms with E-state index in [2.05, 4.69) is 97.1 Å². The number of hydrogen-bond acceptors (Lipinski definition) is 1. The van der Waals surface area contributed by atoms with Gasteiger partial charge in [0.1, 0.15) is 0 Å². The molecular formula is C26H21N. The Morgan fingerprint density at radius 2 is 1.37 bits per heavy atom. The molecule has 0 unspecified atom stereocenters. The van der Waals surface area contributed by atoms with Crippen LogP contribution in [-0.2, 0) is 5.41 Å². The van der Waals surface area contributed by atoms with Crippen LogP contribution in [0.25, 0.3) is 5.57 Å². The van der Waals surface area contributed by atoms with E-state index in [0.29, 0.717) is 0 Å². The number of benzene rings is 3. The summed E-state index contributed by atoms with van der Waals surface area (Å²) in [5.74, 6) is 0. The van der Waals surface area contributed by atoms with Crippen molar-refractivity contribution in [1.82, 2.24) is 0 Å². The van der Waals surface area contributed by atoms with Crippen molar-refractivity contribution in [3.63, 3.8) is 0 Å². The molecule has 27 heavy (non-hydrogen) atoms. The van der Waals surface area contributed by atoms with Gasteiger partial charge in [-0.05, 0) is 40.3 Å². The second-order valence-electron chi connectivity index (χ2n) is 7.14. The second-order valence-corrected chi connectivity index (χ2v) is 7.14. The molecule has 0 amide bonds. The lowest BCUT2D eigenvalue weighted by atomic mass is 9.65.